The topological polar surface area (TPSA) is 34.0 Å². The number of morpholine rings is 1. The third-order valence-electron chi connectivity index (χ3n) is 3.97. The molecule has 1 aliphatic heterocycles. The fourth-order valence-electron chi connectivity index (χ4n) is 2.96. The number of hydrogen-bond donors (Lipinski definition) is 0. The van der Waals surface area contributed by atoms with E-state index < -0.39 is 0 Å². The quantitative estimate of drug-likeness (QED) is 0.548. The van der Waals surface area contributed by atoms with Crippen LogP contribution in [0.2, 0.25) is 0 Å². The smallest absolute Gasteiger partial charge is 0.153 e. The summed E-state index contributed by atoms with van der Waals surface area (Å²) in [7, 11) is 0. The number of ether oxygens (including phenoxy) is 1. The van der Waals surface area contributed by atoms with E-state index in [-0.39, 0.29) is 0 Å². The third-order valence-corrected chi connectivity index (χ3v) is 3.97. The second-order valence-electron chi connectivity index (χ2n) is 5.01. The molecule has 0 atom stereocenters. The first-order chi connectivity index (χ1) is 8.37. The van der Waals surface area contributed by atoms with Crippen molar-refractivity contribution in [2.45, 2.75) is 45.1 Å². The van der Waals surface area contributed by atoms with Crippen LogP contribution in [0.15, 0.2) is 10.1 Å². The summed E-state index contributed by atoms with van der Waals surface area (Å²) in [6.45, 7) is 6.44. The third kappa shape index (κ3) is 3.15. The molecule has 0 spiro atoms. The minimum Gasteiger partial charge on any atom is -0.370 e. The Balaban J connectivity index is 2.12. The van der Waals surface area contributed by atoms with E-state index in [1.54, 1.807) is 0 Å². The maximum atomic E-state index is 5.49. The lowest BCUT2D eigenvalue weighted by molar-refractivity contribution is -0.965. The van der Waals surface area contributed by atoms with Gasteiger partial charge < -0.3 is 4.74 Å². The predicted molar refractivity (Wildman–Crippen MR) is 68.1 cm³/mol. The Hall–Kier alpha value is -0.700. The minimum absolute atomic E-state index is 0.673. The highest BCUT2D eigenvalue weighted by molar-refractivity contribution is 5.39. The number of rotatable bonds is 3. The molecular formula is C13H24N3O+. The zero-order chi connectivity index (χ0) is 12.0. The standard InChI is InChI=1S/C13H24N3O/c1-2-14-12-15-16(8-10-17-11-9-16)13-6-4-3-5-7-13/h13H,2-11H2,1H3/q+1. The summed E-state index contributed by atoms with van der Waals surface area (Å²) in [5, 5.41) is 4.67. The van der Waals surface area contributed by atoms with E-state index in [2.05, 4.69) is 16.1 Å². The highest BCUT2D eigenvalue weighted by atomic mass is 16.5. The molecule has 0 aromatic heterocycles. The van der Waals surface area contributed by atoms with Gasteiger partial charge in [0.25, 0.3) is 0 Å². The average Bonchev–Trinajstić information content (AvgIpc) is 2.41. The molecule has 2 rings (SSSR count). The fourth-order valence-corrected chi connectivity index (χ4v) is 2.96. The Morgan fingerprint density at radius 1 is 1.18 bits per heavy atom. The van der Waals surface area contributed by atoms with Gasteiger partial charge in [-0.05, 0) is 24.9 Å². The van der Waals surface area contributed by atoms with Gasteiger partial charge in [-0.3, -0.25) is 0 Å². The zero-order valence-electron chi connectivity index (χ0n) is 10.9. The van der Waals surface area contributed by atoms with E-state index in [0.717, 1.165) is 37.4 Å². The van der Waals surface area contributed by atoms with Crippen LogP contribution >= 0.6 is 0 Å². The molecule has 2 fully saturated rings. The Bertz CT molecular complexity index is 285. The van der Waals surface area contributed by atoms with Crippen molar-refractivity contribution in [2.75, 3.05) is 32.8 Å². The van der Waals surface area contributed by atoms with Gasteiger partial charge in [0.2, 0.25) is 0 Å². The second kappa shape index (κ2) is 6.29. The van der Waals surface area contributed by atoms with Gasteiger partial charge in [-0.1, -0.05) is 6.42 Å². The molecule has 4 nitrogen and oxygen atoms in total. The van der Waals surface area contributed by atoms with Crippen LogP contribution in [0, 0.1) is 0 Å². The van der Waals surface area contributed by atoms with Crippen molar-refractivity contribution in [2.24, 2.45) is 10.1 Å². The summed E-state index contributed by atoms with van der Waals surface area (Å²) in [6, 6.07) is 3.58. The van der Waals surface area contributed by atoms with E-state index in [9.17, 15) is 0 Å². The lowest BCUT2D eigenvalue weighted by Crippen LogP contribution is -2.57. The summed E-state index contributed by atoms with van der Waals surface area (Å²) in [4.78, 5) is 4.13. The molecule has 1 saturated heterocycles. The van der Waals surface area contributed by atoms with E-state index >= 15 is 0 Å². The molecule has 2 aliphatic rings. The van der Waals surface area contributed by atoms with Crippen LogP contribution in [0.25, 0.3) is 0 Å². The van der Waals surface area contributed by atoms with E-state index in [0.29, 0.717) is 6.04 Å². The average molecular weight is 238 g/mol. The van der Waals surface area contributed by atoms with Crippen molar-refractivity contribution in [3.8, 4) is 0 Å². The van der Waals surface area contributed by atoms with Crippen molar-refractivity contribution < 1.29 is 9.33 Å². The van der Waals surface area contributed by atoms with E-state index in [1.165, 1.54) is 32.1 Å². The van der Waals surface area contributed by atoms with Gasteiger partial charge in [-0.15, -0.1) is 0 Å². The number of quaternary nitrogens is 1. The maximum Gasteiger partial charge on any atom is 0.153 e. The van der Waals surface area contributed by atoms with Gasteiger partial charge >= 0.3 is 0 Å². The molecule has 96 valence electrons. The Morgan fingerprint density at radius 2 is 1.88 bits per heavy atom. The van der Waals surface area contributed by atoms with Crippen LogP contribution < -0.4 is 0 Å². The number of aliphatic imine (C=N–C) groups is 1. The maximum absolute atomic E-state index is 5.49. The van der Waals surface area contributed by atoms with Gasteiger partial charge in [0.05, 0.1) is 13.2 Å². The summed E-state index contributed by atoms with van der Waals surface area (Å²) in [6.07, 6.45) is 6.70. The van der Waals surface area contributed by atoms with Crippen molar-refractivity contribution in [1.29, 1.82) is 0 Å². The normalized spacial score (nSPS) is 25.0. The molecule has 1 aliphatic carbocycles. The molecule has 0 aromatic rings. The molecule has 0 N–H and O–H groups in total. The molecule has 4 heteroatoms. The summed E-state index contributed by atoms with van der Waals surface area (Å²) in [5.74, 6) is 0. The minimum atomic E-state index is 0.673. The fraction of sp³-hybridized carbons (Fsp3) is 0.923. The first-order valence-corrected chi connectivity index (χ1v) is 6.96. The molecule has 17 heavy (non-hydrogen) atoms. The monoisotopic (exact) mass is 238 g/mol. The summed E-state index contributed by atoms with van der Waals surface area (Å²) < 4.78 is 6.31. The number of hydrogen-bond acceptors (Lipinski definition) is 3. The number of nitrogens with zero attached hydrogens (tertiary/aromatic N) is 3. The first-order valence-electron chi connectivity index (χ1n) is 6.96. The molecule has 1 saturated carbocycles. The molecule has 0 radical (unpaired) electrons. The Labute approximate surface area is 104 Å². The van der Waals surface area contributed by atoms with Crippen LogP contribution in [-0.2, 0) is 4.74 Å². The lowest BCUT2D eigenvalue weighted by atomic mass is 9.93. The van der Waals surface area contributed by atoms with Crippen LogP contribution in [0.1, 0.15) is 39.0 Å². The van der Waals surface area contributed by atoms with Gasteiger partial charge in [-0.2, -0.15) is 4.59 Å². The van der Waals surface area contributed by atoms with Crippen LogP contribution in [0.4, 0.5) is 0 Å². The van der Waals surface area contributed by atoms with Gasteiger partial charge in [-0.25, -0.2) is 4.99 Å². The molecule has 0 amide bonds. The van der Waals surface area contributed by atoms with Gasteiger partial charge in [0.1, 0.15) is 19.1 Å². The van der Waals surface area contributed by atoms with Crippen molar-refractivity contribution in [3.05, 3.63) is 0 Å². The summed E-state index contributed by atoms with van der Waals surface area (Å²) in [5.41, 5.74) is 0. The van der Waals surface area contributed by atoms with E-state index in [1.807, 2.05) is 6.92 Å². The van der Waals surface area contributed by atoms with E-state index in [4.69, 9.17) is 4.74 Å². The lowest BCUT2D eigenvalue weighted by Gasteiger charge is -2.41. The van der Waals surface area contributed by atoms with Crippen molar-refractivity contribution in [3.63, 3.8) is 0 Å². The molecule has 0 unspecified atom stereocenters. The zero-order valence-corrected chi connectivity index (χ0v) is 10.9. The molecular weight excluding hydrogens is 214 g/mol. The Morgan fingerprint density at radius 3 is 2.53 bits per heavy atom. The van der Waals surface area contributed by atoms with Crippen LogP contribution in [-0.4, -0.2) is 49.5 Å². The molecule has 0 bridgehead atoms. The van der Waals surface area contributed by atoms with Crippen molar-refractivity contribution >= 4 is 6.01 Å². The SMILES string of the molecule is CCN=C=N[N+]1(C2CCCCC2)CCOCC1. The highest BCUT2D eigenvalue weighted by Crippen LogP contribution is 2.30. The Kier molecular flexibility index (Phi) is 4.72. The molecule has 1 heterocycles. The van der Waals surface area contributed by atoms with Crippen LogP contribution in [0.3, 0.4) is 0 Å². The largest absolute Gasteiger partial charge is 0.370 e. The predicted octanol–water partition coefficient (Wildman–Crippen LogP) is 2.27. The van der Waals surface area contributed by atoms with Gasteiger partial charge in [0.15, 0.2) is 6.01 Å². The van der Waals surface area contributed by atoms with Crippen molar-refractivity contribution in [1.82, 2.24) is 0 Å². The molecule has 0 aromatic carbocycles. The first kappa shape index (κ1) is 12.7. The van der Waals surface area contributed by atoms with Gasteiger partial charge in [0, 0.05) is 19.4 Å². The highest BCUT2D eigenvalue weighted by Gasteiger charge is 2.40. The summed E-state index contributed by atoms with van der Waals surface area (Å²) >= 11 is 0. The van der Waals surface area contributed by atoms with Crippen LogP contribution in [0.5, 0.6) is 0 Å². The second-order valence-corrected chi connectivity index (χ2v) is 5.01.